The molecule has 1 amide bonds. The summed E-state index contributed by atoms with van der Waals surface area (Å²) < 4.78 is 2.76. The molecule has 2 aromatic rings. The third-order valence-corrected chi connectivity index (χ3v) is 7.10. The fourth-order valence-electron chi connectivity index (χ4n) is 3.27. The summed E-state index contributed by atoms with van der Waals surface area (Å²) >= 11 is 15.4. The highest BCUT2D eigenvalue weighted by Gasteiger charge is 2.35. The van der Waals surface area contributed by atoms with E-state index < -0.39 is 5.91 Å². The first-order valence-corrected chi connectivity index (χ1v) is 11.6. The van der Waals surface area contributed by atoms with E-state index in [9.17, 15) is 4.79 Å². The van der Waals surface area contributed by atoms with Crippen molar-refractivity contribution >= 4 is 74.1 Å². The molecule has 4 rings (SSSR count). The fourth-order valence-corrected chi connectivity index (χ4v) is 5.47. The number of aryl methyl sites for hydroxylation is 1. The number of nitrogens with one attached hydrogen (secondary N) is 1. The van der Waals surface area contributed by atoms with Gasteiger partial charge in [-0.05, 0) is 67.3 Å². The number of benzene rings is 1. The molecular formula is C20H17Cl2N5OS2. The molecule has 2 aliphatic heterocycles. The molecule has 0 spiro atoms. The van der Waals surface area contributed by atoms with E-state index in [0.29, 0.717) is 15.2 Å². The zero-order valence-electron chi connectivity index (χ0n) is 16.4. The lowest BCUT2D eigenvalue weighted by atomic mass is 10.1. The van der Waals surface area contributed by atoms with Gasteiger partial charge in [-0.2, -0.15) is 10.0 Å². The maximum atomic E-state index is 12.6. The molecule has 1 aromatic carbocycles. The van der Waals surface area contributed by atoms with Crippen LogP contribution in [0, 0.1) is 19.3 Å². The van der Waals surface area contributed by atoms with Crippen LogP contribution in [0.1, 0.15) is 23.9 Å². The van der Waals surface area contributed by atoms with Crippen molar-refractivity contribution in [1.29, 1.82) is 5.41 Å². The Morgan fingerprint density at radius 2 is 2.03 bits per heavy atom. The Labute approximate surface area is 192 Å². The second-order valence-electron chi connectivity index (χ2n) is 6.58. The Hall–Kier alpha value is -2.00. The SMILES string of the molecule is CCSC1=NN2C(=N)C(=Cc3cc(C)n(-c4cc(Cl)ccc4Cl)c3C)C(=O)N=C2S1. The van der Waals surface area contributed by atoms with E-state index in [-0.39, 0.29) is 11.4 Å². The van der Waals surface area contributed by atoms with Crippen LogP contribution in [0.15, 0.2) is 39.9 Å². The molecule has 1 N–H and O–H groups in total. The lowest BCUT2D eigenvalue weighted by Gasteiger charge is -2.20. The van der Waals surface area contributed by atoms with Gasteiger partial charge in [0.2, 0.25) is 5.17 Å². The fraction of sp³-hybridized carbons (Fsp3) is 0.200. The third-order valence-electron chi connectivity index (χ3n) is 4.62. The molecular weight excluding hydrogens is 461 g/mol. The summed E-state index contributed by atoms with van der Waals surface area (Å²) in [6.07, 6.45) is 1.69. The van der Waals surface area contributed by atoms with Gasteiger partial charge in [-0.15, -0.1) is 5.10 Å². The normalized spacial score (nSPS) is 17.5. The molecule has 0 saturated carbocycles. The van der Waals surface area contributed by atoms with Gasteiger partial charge >= 0.3 is 0 Å². The lowest BCUT2D eigenvalue weighted by molar-refractivity contribution is -0.114. The van der Waals surface area contributed by atoms with Crippen molar-refractivity contribution in [2.75, 3.05) is 5.75 Å². The standard InChI is InChI=1S/C20H17Cl2N5OS2/c1-4-29-20-25-27-17(23)14(18(28)24-19(27)30-20)8-12-7-10(2)26(11(12)3)16-9-13(21)5-6-15(16)22/h5-9,23H,4H2,1-3H3. The Morgan fingerprint density at radius 3 is 2.77 bits per heavy atom. The first-order chi connectivity index (χ1) is 14.3. The first-order valence-electron chi connectivity index (χ1n) is 9.07. The highest BCUT2D eigenvalue weighted by atomic mass is 35.5. The maximum Gasteiger partial charge on any atom is 0.283 e. The van der Waals surface area contributed by atoms with Crippen molar-refractivity contribution in [3.63, 3.8) is 0 Å². The molecule has 0 atom stereocenters. The number of aromatic nitrogens is 1. The number of aliphatic imine (C=N–C) groups is 1. The van der Waals surface area contributed by atoms with Crippen LogP contribution in [0.5, 0.6) is 0 Å². The van der Waals surface area contributed by atoms with Gasteiger partial charge in [0.25, 0.3) is 5.91 Å². The number of thioether (sulfide) groups is 2. The van der Waals surface area contributed by atoms with E-state index in [1.807, 2.05) is 31.4 Å². The van der Waals surface area contributed by atoms with Crippen LogP contribution in [0.2, 0.25) is 10.0 Å². The highest BCUT2D eigenvalue weighted by molar-refractivity contribution is 8.45. The topological polar surface area (TPSA) is 73.8 Å². The van der Waals surface area contributed by atoms with Crippen molar-refractivity contribution in [3.05, 3.63) is 56.8 Å². The molecule has 1 aromatic heterocycles. The zero-order chi connectivity index (χ0) is 21.6. The second-order valence-corrected chi connectivity index (χ2v) is 9.89. The summed E-state index contributed by atoms with van der Waals surface area (Å²) in [5.41, 5.74) is 3.56. The summed E-state index contributed by atoms with van der Waals surface area (Å²) in [6, 6.07) is 7.23. The number of hydrogen-bond acceptors (Lipinski definition) is 5. The van der Waals surface area contributed by atoms with Crippen LogP contribution in [-0.4, -0.2) is 36.6 Å². The summed E-state index contributed by atoms with van der Waals surface area (Å²) in [4.78, 5) is 16.8. The van der Waals surface area contributed by atoms with E-state index in [4.69, 9.17) is 28.6 Å². The van der Waals surface area contributed by atoms with E-state index in [1.54, 1.807) is 36.0 Å². The number of carbonyl (C=O) groups excluding carboxylic acids is 1. The Morgan fingerprint density at radius 1 is 1.27 bits per heavy atom. The van der Waals surface area contributed by atoms with Crippen molar-refractivity contribution in [1.82, 2.24) is 9.58 Å². The molecule has 0 radical (unpaired) electrons. The molecule has 0 aliphatic carbocycles. The molecule has 6 nitrogen and oxygen atoms in total. The average molecular weight is 478 g/mol. The van der Waals surface area contributed by atoms with Gasteiger partial charge in [-0.3, -0.25) is 10.2 Å². The van der Waals surface area contributed by atoms with Crippen molar-refractivity contribution in [2.24, 2.45) is 10.1 Å². The maximum absolute atomic E-state index is 12.6. The predicted octanol–water partition coefficient (Wildman–Crippen LogP) is 5.73. The smallest absolute Gasteiger partial charge is 0.283 e. The zero-order valence-corrected chi connectivity index (χ0v) is 19.5. The molecule has 10 heteroatoms. The number of hydrazone groups is 1. The minimum absolute atomic E-state index is 0.0230. The lowest BCUT2D eigenvalue weighted by Crippen LogP contribution is -2.35. The van der Waals surface area contributed by atoms with Crippen molar-refractivity contribution in [3.8, 4) is 5.69 Å². The van der Waals surface area contributed by atoms with Crippen LogP contribution < -0.4 is 0 Å². The van der Waals surface area contributed by atoms with Gasteiger partial charge in [0.05, 0.1) is 16.3 Å². The van der Waals surface area contributed by atoms with Crippen LogP contribution in [0.25, 0.3) is 11.8 Å². The van der Waals surface area contributed by atoms with Gasteiger partial charge < -0.3 is 4.57 Å². The number of halogens is 2. The van der Waals surface area contributed by atoms with Crippen LogP contribution >= 0.6 is 46.7 Å². The number of hydrogen-bond donors (Lipinski definition) is 1. The van der Waals surface area contributed by atoms with Gasteiger partial charge in [-0.1, -0.05) is 41.9 Å². The van der Waals surface area contributed by atoms with E-state index in [0.717, 1.165) is 32.8 Å². The van der Waals surface area contributed by atoms with Crippen LogP contribution in [0.3, 0.4) is 0 Å². The monoisotopic (exact) mass is 477 g/mol. The molecule has 0 saturated heterocycles. The molecule has 3 heterocycles. The van der Waals surface area contributed by atoms with E-state index >= 15 is 0 Å². The molecule has 0 fully saturated rings. The number of amides is 1. The average Bonchev–Trinajstić information content (AvgIpc) is 3.21. The molecule has 0 bridgehead atoms. The number of rotatable bonds is 3. The summed E-state index contributed by atoms with van der Waals surface area (Å²) in [7, 11) is 0. The Bertz CT molecular complexity index is 1180. The number of fused-ring (bicyclic) bond motifs is 1. The van der Waals surface area contributed by atoms with E-state index in [2.05, 4.69) is 10.1 Å². The van der Waals surface area contributed by atoms with Gasteiger partial charge in [0, 0.05) is 16.4 Å². The quantitative estimate of drug-likeness (QED) is 0.572. The molecule has 2 aliphatic rings. The summed E-state index contributed by atoms with van der Waals surface area (Å²) in [5.74, 6) is 0.437. The molecule has 154 valence electrons. The number of nitrogens with zero attached hydrogens (tertiary/aromatic N) is 4. The molecule has 30 heavy (non-hydrogen) atoms. The second kappa shape index (κ2) is 8.26. The number of carbonyl (C=O) groups is 1. The largest absolute Gasteiger partial charge is 0.316 e. The Kier molecular flexibility index (Phi) is 5.85. The van der Waals surface area contributed by atoms with Gasteiger partial charge in [-0.25, -0.2) is 0 Å². The highest BCUT2D eigenvalue weighted by Crippen LogP contribution is 2.34. The van der Waals surface area contributed by atoms with Crippen molar-refractivity contribution < 1.29 is 4.79 Å². The minimum atomic E-state index is -0.442. The van der Waals surface area contributed by atoms with Crippen LogP contribution in [-0.2, 0) is 4.79 Å². The Balaban J connectivity index is 1.75. The van der Waals surface area contributed by atoms with E-state index in [1.165, 1.54) is 16.8 Å². The third kappa shape index (κ3) is 3.73. The predicted molar refractivity (Wildman–Crippen MR) is 128 cm³/mol. The summed E-state index contributed by atoms with van der Waals surface area (Å²) in [5, 5.41) is 15.9. The number of amidine groups is 2. The van der Waals surface area contributed by atoms with Gasteiger partial charge in [0.15, 0.2) is 10.2 Å². The van der Waals surface area contributed by atoms with Crippen LogP contribution in [0.4, 0.5) is 0 Å². The first kappa shape index (κ1) is 21.2. The summed E-state index contributed by atoms with van der Waals surface area (Å²) in [6.45, 7) is 5.91. The van der Waals surface area contributed by atoms with Crippen molar-refractivity contribution in [2.45, 2.75) is 20.8 Å². The van der Waals surface area contributed by atoms with Gasteiger partial charge in [0.1, 0.15) is 0 Å². The molecule has 0 unspecified atom stereocenters. The minimum Gasteiger partial charge on any atom is -0.316 e.